The van der Waals surface area contributed by atoms with Crippen LogP contribution in [0.4, 0.5) is 4.39 Å². The van der Waals surface area contributed by atoms with Gasteiger partial charge in [0.2, 0.25) is 0 Å². The van der Waals surface area contributed by atoms with E-state index in [1.54, 1.807) is 0 Å². The van der Waals surface area contributed by atoms with E-state index in [1.807, 2.05) is 30.3 Å². The van der Waals surface area contributed by atoms with E-state index in [0.29, 0.717) is 10.9 Å². The zero-order valence-electron chi connectivity index (χ0n) is 7.85. The largest absolute Gasteiger partial charge is 0.269 e. The van der Waals surface area contributed by atoms with Crippen molar-refractivity contribution in [3.63, 3.8) is 0 Å². The van der Waals surface area contributed by atoms with Gasteiger partial charge in [-0.05, 0) is 29.3 Å². The molecule has 0 amide bonds. The summed E-state index contributed by atoms with van der Waals surface area (Å²) in [6, 6.07) is 13.6. The topological polar surface area (TPSA) is 17.1 Å². The third-order valence-electron chi connectivity index (χ3n) is 2.14. The first-order chi connectivity index (χ1) is 7.31. The standard InChI is InChI=1S/C12H8FOP/c13-10-6-7-12(15-14)11(8-10)9-4-2-1-3-5-9/h1-8H. The summed E-state index contributed by atoms with van der Waals surface area (Å²) in [6.07, 6.45) is 0. The Morgan fingerprint density at radius 2 is 1.73 bits per heavy atom. The quantitative estimate of drug-likeness (QED) is 0.706. The molecule has 0 spiro atoms. The molecule has 0 unspecified atom stereocenters. The molecule has 0 aliphatic carbocycles. The zero-order valence-corrected chi connectivity index (χ0v) is 8.75. The summed E-state index contributed by atoms with van der Waals surface area (Å²) in [5.74, 6) is -0.318. The molecule has 2 aromatic carbocycles. The van der Waals surface area contributed by atoms with Crippen molar-refractivity contribution in [2.75, 3.05) is 0 Å². The van der Waals surface area contributed by atoms with Gasteiger partial charge >= 0.3 is 0 Å². The highest BCUT2D eigenvalue weighted by atomic mass is 31.1. The summed E-state index contributed by atoms with van der Waals surface area (Å²) in [7, 11) is -0.0918. The minimum absolute atomic E-state index is 0.0918. The summed E-state index contributed by atoms with van der Waals surface area (Å²) >= 11 is 0. The number of halogens is 1. The normalized spacial score (nSPS) is 10.5. The summed E-state index contributed by atoms with van der Waals surface area (Å²) in [5, 5.41) is 0.600. The van der Waals surface area contributed by atoms with Crippen LogP contribution in [0.2, 0.25) is 0 Å². The second-order valence-electron chi connectivity index (χ2n) is 3.12. The van der Waals surface area contributed by atoms with Gasteiger partial charge in [0.15, 0.2) is 8.46 Å². The van der Waals surface area contributed by atoms with Crippen LogP contribution < -0.4 is 5.30 Å². The predicted molar refractivity (Wildman–Crippen MR) is 59.1 cm³/mol. The molecular formula is C12H8FOP. The lowest BCUT2D eigenvalue weighted by atomic mass is 10.1. The fourth-order valence-electron chi connectivity index (χ4n) is 1.44. The highest BCUT2D eigenvalue weighted by Crippen LogP contribution is 2.20. The molecule has 0 radical (unpaired) electrons. The van der Waals surface area contributed by atoms with E-state index in [-0.39, 0.29) is 14.3 Å². The Balaban J connectivity index is 2.61. The van der Waals surface area contributed by atoms with Crippen molar-refractivity contribution in [1.29, 1.82) is 0 Å². The van der Waals surface area contributed by atoms with Gasteiger partial charge in [0.25, 0.3) is 0 Å². The van der Waals surface area contributed by atoms with Crippen LogP contribution in [0.5, 0.6) is 0 Å². The summed E-state index contributed by atoms with van der Waals surface area (Å²) in [4.78, 5) is 0. The maximum absolute atomic E-state index is 13.1. The first kappa shape index (κ1) is 10.0. The van der Waals surface area contributed by atoms with Crippen LogP contribution in [-0.2, 0) is 4.57 Å². The van der Waals surface area contributed by atoms with Gasteiger partial charge in [-0.1, -0.05) is 30.3 Å². The van der Waals surface area contributed by atoms with Crippen LogP contribution in [-0.4, -0.2) is 0 Å². The van der Waals surface area contributed by atoms with E-state index >= 15 is 0 Å². The van der Waals surface area contributed by atoms with Crippen molar-refractivity contribution in [2.24, 2.45) is 0 Å². The van der Waals surface area contributed by atoms with E-state index in [2.05, 4.69) is 0 Å². The molecule has 2 aromatic rings. The van der Waals surface area contributed by atoms with Gasteiger partial charge < -0.3 is 0 Å². The van der Waals surface area contributed by atoms with Crippen molar-refractivity contribution in [3.05, 3.63) is 54.3 Å². The monoisotopic (exact) mass is 218 g/mol. The molecule has 15 heavy (non-hydrogen) atoms. The lowest BCUT2D eigenvalue weighted by molar-refractivity contribution is 0.603. The molecule has 2 rings (SSSR count). The van der Waals surface area contributed by atoms with Crippen LogP contribution in [0.15, 0.2) is 48.5 Å². The lowest BCUT2D eigenvalue weighted by Crippen LogP contribution is -1.98. The molecular weight excluding hydrogens is 210 g/mol. The average molecular weight is 218 g/mol. The van der Waals surface area contributed by atoms with Crippen molar-refractivity contribution in [3.8, 4) is 11.1 Å². The molecule has 0 aliphatic heterocycles. The summed E-state index contributed by atoms with van der Waals surface area (Å²) in [6.45, 7) is 0. The van der Waals surface area contributed by atoms with Gasteiger partial charge in [0.1, 0.15) is 5.82 Å². The Hall–Kier alpha value is -1.53. The Bertz CT molecular complexity index is 482. The Morgan fingerprint density at radius 3 is 2.40 bits per heavy atom. The van der Waals surface area contributed by atoms with Crippen LogP contribution >= 0.6 is 8.46 Å². The van der Waals surface area contributed by atoms with E-state index < -0.39 is 0 Å². The van der Waals surface area contributed by atoms with Crippen molar-refractivity contribution >= 4 is 13.8 Å². The number of hydrogen-bond donors (Lipinski definition) is 0. The molecule has 0 atom stereocenters. The number of rotatable bonds is 2. The third kappa shape index (κ3) is 2.11. The van der Waals surface area contributed by atoms with Crippen LogP contribution in [0.25, 0.3) is 11.1 Å². The van der Waals surface area contributed by atoms with Gasteiger partial charge in [-0.15, -0.1) is 0 Å². The maximum Gasteiger partial charge on any atom is 0.192 e. The number of hydrogen-bond acceptors (Lipinski definition) is 1. The zero-order chi connectivity index (χ0) is 10.7. The van der Waals surface area contributed by atoms with Crippen LogP contribution in [0, 0.1) is 5.82 Å². The van der Waals surface area contributed by atoms with Crippen molar-refractivity contribution in [2.45, 2.75) is 0 Å². The van der Waals surface area contributed by atoms with E-state index in [0.717, 1.165) is 5.56 Å². The minimum Gasteiger partial charge on any atom is -0.269 e. The van der Waals surface area contributed by atoms with E-state index in [4.69, 9.17) is 0 Å². The Kier molecular flexibility index (Phi) is 2.89. The predicted octanol–water partition coefficient (Wildman–Crippen LogP) is 3.41. The average Bonchev–Trinajstić information content (AvgIpc) is 2.30. The molecule has 0 heterocycles. The number of benzene rings is 2. The van der Waals surface area contributed by atoms with E-state index in [1.165, 1.54) is 18.2 Å². The molecule has 0 aromatic heterocycles. The van der Waals surface area contributed by atoms with Crippen LogP contribution in [0.3, 0.4) is 0 Å². The Labute approximate surface area is 88.8 Å². The smallest absolute Gasteiger partial charge is 0.192 e. The maximum atomic E-state index is 13.1. The highest BCUT2D eigenvalue weighted by molar-refractivity contribution is 7.34. The first-order valence-electron chi connectivity index (χ1n) is 4.49. The molecule has 74 valence electrons. The minimum atomic E-state index is -0.318. The molecule has 3 heteroatoms. The van der Waals surface area contributed by atoms with Gasteiger partial charge in [0.05, 0.1) is 5.30 Å². The Morgan fingerprint density at radius 1 is 1.00 bits per heavy atom. The summed E-state index contributed by atoms with van der Waals surface area (Å²) < 4.78 is 24.0. The molecule has 0 saturated heterocycles. The molecule has 1 nitrogen and oxygen atoms in total. The van der Waals surface area contributed by atoms with E-state index in [9.17, 15) is 8.96 Å². The van der Waals surface area contributed by atoms with Crippen LogP contribution in [0.1, 0.15) is 0 Å². The van der Waals surface area contributed by atoms with Gasteiger partial charge in [0, 0.05) is 0 Å². The van der Waals surface area contributed by atoms with Crippen molar-refractivity contribution < 1.29 is 8.96 Å². The molecule has 0 N–H and O–H groups in total. The fraction of sp³-hybridized carbons (Fsp3) is 0. The second kappa shape index (κ2) is 4.33. The second-order valence-corrected chi connectivity index (χ2v) is 3.78. The molecule has 0 bridgehead atoms. The lowest BCUT2D eigenvalue weighted by Gasteiger charge is -2.03. The SMILES string of the molecule is O=Pc1ccc(F)cc1-c1ccccc1. The molecule has 0 fully saturated rings. The molecule has 0 aliphatic rings. The first-order valence-corrected chi connectivity index (χ1v) is 5.31. The van der Waals surface area contributed by atoms with Gasteiger partial charge in [-0.3, -0.25) is 4.57 Å². The fourth-order valence-corrected chi connectivity index (χ4v) is 1.86. The third-order valence-corrected chi connectivity index (χ3v) is 2.73. The van der Waals surface area contributed by atoms with Crippen molar-refractivity contribution in [1.82, 2.24) is 0 Å². The molecule has 0 saturated carbocycles. The van der Waals surface area contributed by atoms with Gasteiger partial charge in [-0.25, -0.2) is 4.39 Å². The summed E-state index contributed by atoms with van der Waals surface area (Å²) in [5.41, 5.74) is 1.54. The highest BCUT2D eigenvalue weighted by Gasteiger charge is 2.05. The van der Waals surface area contributed by atoms with Gasteiger partial charge in [-0.2, -0.15) is 0 Å².